The van der Waals surface area contributed by atoms with E-state index in [1.54, 1.807) is 29.1 Å². The van der Waals surface area contributed by atoms with Crippen LogP contribution < -0.4 is 10.1 Å². The van der Waals surface area contributed by atoms with Gasteiger partial charge >= 0.3 is 0 Å². The number of carbonyl (C=O) groups is 1. The van der Waals surface area contributed by atoms with Gasteiger partial charge in [0.1, 0.15) is 17.2 Å². The number of aromatic nitrogens is 3. The molecule has 1 aromatic heterocycles. The quantitative estimate of drug-likeness (QED) is 0.457. The van der Waals surface area contributed by atoms with E-state index in [0.29, 0.717) is 23.7 Å². The average Bonchev–Trinajstić information content (AvgIpc) is 3.22. The lowest BCUT2D eigenvalue weighted by Gasteiger charge is -2.07. The summed E-state index contributed by atoms with van der Waals surface area (Å²) in [5.74, 6) is 1.21. The van der Waals surface area contributed by atoms with Crippen molar-refractivity contribution < 1.29 is 9.53 Å². The normalized spacial score (nSPS) is 10.8. The highest BCUT2D eigenvalue weighted by molar-refractivity contribution is 6.01. The van der Waals surface area contributed by atoms with Crippen molar-refractivity contribution in [2.45, 2.75) is 6.54 Å². The summed E-state index contributed by atoms with van der Waals surface area (Å²) in [6.45, 7) is 0.630. The van der Waals surface area contributed by atoms with Crippen molar-refractivity contribution in [3.8, 4) is 11.5 Å². The minimum atomic E-state index is -0.246. The molecule has 1 amide bonds. The molecule has 1 heterocycles. The van der Waals surface area contributed by atoms with Crippen LogP contribution >= 0.6 is 0 Å². The summed E-state index contributed by atoms with van der Waals surface area (Å²) < 4.78 is 7.48. The number of carbonyl (C=O) groups excluding carboxylic acids is 1. The lowest BCUT2D eigenvalue weighted by molar-refractivity contribution is -0.111. The Bertz CT molecular complexity index is 1120. The molecule has 6 nitrogen and oxygen atoms in total. The van der Waals surface area contributed by atoms with Crippen LogP contribution in [0.25, 0.3) is 6.08 Å². The number of para-hydroxylation sites is 1. The van der Waals surface area contributed by atoms with Crippen molar-refractivity contribution in [2.75, 3.05) is 5.32 Å². The van der Waals surface area contributed by atoms with Gasteiger partial charge in [-0.25, -0.2) is 4.68 Å². The van der Waals surface area contributed by atoms with E-state index in [-0.39, 0.29) is 5.91 Å². The van der Waals surface area contributed by atoms with Crippen molar-refractivity contribution in [3.63, 3.8) is 0 Å². The molecule has 0 aliphatic heterocycles. The van der Waals surface area contributed by atoms with Crippen molar-refractivity contribution in [3.05, 3.63) is 108 Å². The third kappa shape index (κ3) is 5.42. The molecular weight excluding hydrogens is 376 g/mol. The first kappa shape index (κ1) is 19.1. The molecule has 0 fully saturated rings. The van der Waals surface area contributed by atoms with E-state index in [9.17, 15) is 4.79 Å². The van der Waals surface area contributed by atoms with Gasteiger partial charge in [0.25, 0.3) is 0 Å². The zero-order chi connectivity index (χ0) is 20.6. The van der Waals surface area contributed by atoms with Crippen LogP contribution in [0.4, 0.5) is 5.69 Å². The lowest BCUT2D eigenvalue weighted by Crippen LogP contribution is -2.07. The van der Waals surface area contributed by atoms with E-state index in [2.05, 4.69) is 15.6 Å². The van der Waals surface area contributed by atoms with Gasteiger partial charge in [-0.3, -0.25) is 4.79 Å². The largest absolute Gasteiger partial charge is 0.457 e. The van der Waals surface area contributed by atoms with Gasteiger partial charge in [-0.2, -0.15) is 0 Å². The Morgan fingerprint density at radius 1 is 0.900 bits per heavy atom. The van der Waals surface area contributed by atoms with Crippen LogP contribution in [0.3, 0.4) is 0 Å². The van der Waals surface area contributed by atoms with Crippen LogP contribution in [0, 0.1) is 0 Å². The van der Waals surface area contributed by atoms with Crippen molar-refractivity contribution in [1.29, 1.82) is 0 Å². The first-order valence-electron chi connectivity index (χ1n) is 9.51. The predicted molar refractivity (Wildman–Crippen MR) is 116 cm³/mol. The summed E-state index contributed by atoms with van der Waals surface area (Å²) in [5, 5.41) is 11.0. The van der Waals surface area contributed by atoms with Gasteiger partial charge in [0, 0.05) is 11.8 Å². The minimum absolute atomic E-state index is 0.246. The monoisotopic (exact) mass is 396 g/mol. The molecule has 0 aliphatic carbocycles. The van der Waals surface area contributed by atoms with E-state index >= 15 is 0 Å². The first-order chi connectivity index (χ1) is 14.7. The fraction of sp³-hybridized carbons (Fsp3) is 0.0417. The molecular formula is C24H20N4O2. The van der Waals surface area contributed by atoms with E-state index in [1.807, 2.05) is 72.8 Å². The maximum atomic E-state index is 12.2. The van der Waals surface area contributed by atoms with Crippen LogP contribution in [0.5, 0.6) is 11.5 Å². The molecule has 0 spiro atoms. The Labute approximate surface area is 174 Å². The average molecular weight is 396 g/mol. The number of nitrogens with one attached hydrogen (secondary N) is 1. The second kappa shape index (κ2) is 9.34. The van der Waals surface area contributed by atoms with Crippen LogP contribution in [-0.4, -0.2) is 20.9 Å². The van der Waals surface area contributed by atoms with E-state index in [1.165, 1.54) is 6.08 Å². The Hall–Kier alpha value is -4.19. The smallest absolute Gasteiger partial charge is 0.248 e. The summed E-state index contributed by atoms with van der Waals surface area (Å²) in [5.41, 5.74) is 2.43. The van der Waals surface area contributed by atoms with Gasteiger partial charge in [-0.05, 0) is 48.0 Å². The van der Waals surface area contributed by atoms with Crippen LogP contribution in [0.1, 0.15) is 11.3 Å². The fourth-order valence-corrected chi connectivity index (χ4v) is 2.81. The molecule has 30 heavy (non-hydrogen) atoms. The summed E-state index contributed by atoms with van der Waals surface area (Å²) >= 11 is 0. The molecule has 1 N–H and O–H groups in total. The SMILES string of the molecule is O=C(/C=C/c1cn(Cc2ccccc2)nn1)Nc1ccc(Oc2ccccc2)cc1. The molecule has 6 heteroatoms. The molecule has 0 unspecified atom stereocenters. The number of nitrogens with zero attached hydrogens (tertiary/aromatic N) is 3. The summed E-state index contributed by atoms with van der Waals surface area (Å²) in [6, 6.07) is 26.7. The predicted octanol–water partition coefficient (Wildman–Crippen LogP) is 4.77. The number of benzene rings is 3. The first-order valence-corrected chi connectivity index (χ1v) is 9.51. The van der Waals surface area contributed by atoms with Crippen molar-refractivity contribution >= 4 is 17.7 Å². The maximum Gasteiger partial charge on any atom is 0.248 e. The molecule has 3 aromatic carbocycles. The molecule has 0 atom stereocenters. The molecule has 0 saturated carbocycles. The molecule has 0 bridgehead atoms. The van der Waals surface area contributed by atoms with Gasteiger partial charge in [-0.15, -0.1) is 5.10 Å². The van der Waals surface area contributed by atoms with Gasteiger partial charge in [0.2, 0.25) is 5.91 Å². The Morgan fingerprint density at radius 3 is 2.30 bits per heavy atom. The van der Waals surface area contributed by atoms with Gasteiger partial charge in [0.15, 0.2) is 0 Å². The van der Waals surface area contributed by atoms with Gasteiger partial charge < -0.3 is 10.1 Å². The van der Waals surface area contributed by atoms with E-state index in [4.69, 9.17) is 4.74 Å². The topological polar surface area (TPSA) is 69.0 Å². The number of rotatable bonds is 7. The molecule has 0 aliphatic rings. The highest BCUT2D eigenvalue weighted by Gasteiger charge is 2.02. The number of ether oxygens (including phenoxy) is 1. The number of hydrogen-bond donors (Lipinski definition) is 1. The third-order valence-electron chi connectivity index (χ3n) is 4.25. The number of amides is 1. The van der Waals surface area contributed by atoms with E-state index < -0.39 is 0 Å². The number of anilines is 1. The maximum absolute atomic E-state index is 12.2. The van der Waals surface area contributed by atoms with Crippen LogP contribution in [0.15, 0.2) is 97.2 Å². The van der Waals surface area contributed by atoms with Gasteiger partial charge in [-0.1, -0.05) is 53.7 Å². The standard InChI is InChI=1S/C24H20N4O2/c29-24(16-13-21-18-28(27-26-21)17-19-7-3-1-4-8-19)25-20-11-14-23(15-12-20)30-22-9-5-2-6-10-22/h1-16,18H,17H2,(H,25,29)/b16-13+. The highest BCUT2D eigenvalue weighted by Crippen LogP contribution is 2.22. The summed E-state index contributed by atoms with van der Waals surface area (Å²) in [7, 11) is 0. The van der Waals surface area contributed by atoms with Crippen LogP contribution in [0.2, 0.25) is 0 Å². The molecule has 0 saturated heterocycles. The van der Waals surface area contributed by atoms with Crippen LogP contribution in [-0.2, 0) is 11.3 Å². The second-order valence-corrected chi connectivity index (χ2v) is 6.59. The summed E-state index contributed by atoms with van der Waals surface area (Å²) in [4.78, 5) is 12.2. The molecule has 4 aromatic rings. The Balaban J connectivity index is 1.30. The third-order valence-corrected chi connectivity index (χ3v) is 4.25. The fourth-order valence-electron chi connectivity index (χ4n) is 2.81. The van der Waals surface area contributed by atoms with Crippen molar-refractivity contribution in [2.24, 2.45) is 0 Å². The zero-order valence-corrected chi connectivity index (χ0v) is 16.2. The summed E-state index contributed by atoms with van der Waals surface area (Å²) in [6.07, 6.45) is 4.87. The Morgan fingerprint density at radius 2 is 1.57 bits per heavy atom. The minimum Gasteiger partial charge on any atom is -0.457 e. The number of hydrogen-bond acceptors (Lipinski definition) is 4. The van der Waals surface area contributed by atoms with E-state index in [0.717, 1.165) is 11.3 Å². The highest BCUT2D eigenvalue weighted by atomic mass is 16.5. The zero-order valence-electron chi connectivity index (χ0n) is 16.2. The van der Waals surface area contributed by atoms with Crippen molar-refractivity contribution in [1.82, 2.24) is 15.0 Å². The molecule has 4 rings (SSSR count). The molecule has 0 radical (unpaired) electrons. The van der Waals surface area contributed by atoms with Gasteiger partial charge in [0.05, 0.1) is 12.7 Å². The Kier molecular flexibility index (Phi) is 5.96. The lowest BCUT2D eigenvalue weighted by atomic mass is 10.2. The molecule has 148 valence electrons. The second-order valence-electron chi connectivity index (χ2n) is 6.59.